The molecule has 0 saturated heterocycles. The van der Waals surface area contributed by atoms with Crippen molar-refractivity contribution in [2.75, 3.05) is 7.11 Å². The van der Waals surface area contributed by atoms with Gasteiger partial charge in [-0.2, -0.15) is 0 Å². The zero-order chi connectivity index (χ0) is 16.4. The molecule has 0 amide bonds. The monoisotopic (exact) mass is 311 g/mol. The molecule has 0 fully saturated rings. The molecule has 4 rings (SSSR count). The smallest absolute Gasteiger partial charge is 0.119 e. The van der Waals surface area contributed by atoms with Crippen LogP contribution < -0.4 is 4.74 Å². The van der Waals surface area contributed by atoms with Crippen LogP contribution in [0.15, 0.2) is 84.9 Å². The Morgan fingerprint density at radius 2 is 1.38 bits per heavy atom. The van der Waals surface area contributed by atoms with E-state index in [0.29, 0.717) is 0 Å². The third-order valence-electron chi connectivity index (χ3n) is 4.15. The SMILES string of the molecule is COc1ccc2nc(-c3ccccc3)c(-c3ccccc3)cc2c1. The minimum atomic E-state index is 0.843. The number of aromatic nitrogens is 1. The van der Waals surface area contributed by atoms with Crippen LogP contribution in [0.5, 0.6) is 5.75 Å². The Balaban J connectivity index is 2.02. The molecular formula is C22H17NO. The Bertz CT molecular complexity index is 979. The first-order valence-electron chi connectivity index (χ1n) is 7.95. The second kappa shape index (κ2) is 6.17. The van der Waals surface area contributed by atoms with Crippen molar-refractivity contribution in [1.82, 2.24) is 4.98 Å². The quantitative estimate of drug-likeness (QED) is 0.493. The molecule has 4 aromatic rings. The van der Waals surface area contributed by atoms with Crippen LogP contribution in [0.2, 0.25) is 0 Å². The summed E-state index contributed by atoms with van der Waals surface area (Å²) >= 11 is 0. The summed E-state index contributed by atoms with van der Waals surface area (Å²) in [6.07, 6.45) is 0. The summed E-state index contributed by atoms with van der Waals surface area (Å²) in [6.45, 7) is 0. The second-order valence-corrected chi connectivity index (χ2v) is 5.68. The Hall–Kier alpha value is -3.13. The summed E-state index contributed by atoms with van der Waals surface area (Å²) in [5.41, 5.74) is 5.37. The van der Waals surface area contributed by atoms with Crippen molar-refractivity contribution >= 4 is 10.9 Å². The molecule has 0 aliphatic rings. The zero-order valence-electron chi connectivity index (χ0n) is 13.4. The van der Waals surface area contributed by atoms with Crippen molar-refractivity contribution in [3.05, 3.63) is 84.9 Å². The number of nitrogens with zero attached hydrogens (tertiary/aromatic N) is 1. The Morgan fingerprint density at radius 1 is 0.708 bits per heavy atom. The normalized spacial score (nSPS) is 10.7. The van der Waals surface area contributed by atoms with Crippen LogP contribution in [-0.4, -0.2) is 12.1 Å². The Morgan fingerprint density at radius 3 is 2.04 bits per heavy atom. The second-order valence-electron chi connectivity index (χ2n) is 5.68. The van der Waals surface area contributed by atoms with E-state index in [0.717, 1.165) is 39.0 Å². The van der Waals surface area contributed by atoms with Crippen LogP contribution in [0.25, 0.3) is 33.3 Å². The lowest BCUT2D eigenvalue weighted by atomic mass is 9.97. The van der Waals surface area contributed by atoms with Crippen molar-refractivity contribution in [2.45, 2.75) is 0 Å². The highest BCUT2D eigenvalue weighted by Gasteiger charge is 2.11. The third kappa shape index (κ3) is 2.63. The van der Waals surface area contributed by atoms with E-state index in [1.807, 2.05) is 42.5 Å². The number of benzene rings is 3. The van der Waals surface area contributed by atoms with Gasteiger partial charge >= 0.3 is 0 Å². The lowest BCUT2D eigenvalue weighted by Crippen LogP contribution is -1.92. The highest BCUT2D eigenvalue weighted by molar-refractivity contribution is 5.92. The highest BCUT2D eigenvalue weighted by atomic mass is 16.5. The van der Waals surface area contributed by atoms with E-state index in [1.165, 1.54) is 0 Å². The first kappa shape index (κ1) is 14.5. The van der Waals surface area contributed by atoms with Crippen LogP contribution >= 0.6 is 0 Å². The maximum Gasteiger partial charge on any atom is 0.119 e. The van der Waals surface area contributed by atoms with Crippen molar-refractivity contribution in [1.29, 1.82) is 0 Å². The first-order chi connectivity index (χ1) is 11.8. The van der Waals surface area contributed by atoms with Crippen molar-refractivity contribution in [2.24, 2.45) is 0 Å². The molecule has 3 aromatic carbocycles. The molecule has 2 nitrogen and oxygen atoms in total. The van der Waals surface area contributed by atoms with Gasteiger partial charge in [0.1, 0.15) is 5.75 Å². The number of ether oxygens (including phenoxy) is 1. The van der Waals surface area contributed by atoms with Crippen molar-refractivity contribution < 1.29 is 4.74 Å². The lowest BCUT2D eigenvalue weighted by molar-refractivity contribution is 0.415. The van der Waals surface area contributed by atoms with Crippen LogP contribution in [0.3, 0.4) is 0 Å². The first-order valence-corrected chi connectivity index (χ1v) is 7.95. The fraction of sp³-hybridized carbons (Fsp3) is 0.0455. The summed E-state index contributed by atoms with van der Waals surface area (Å²) < 4.78 is 5.35. The molecule has 0 bridgehead atoms. The maximum absolute atomic E-state index is 5.35. The summed E-state index contributed by atoms with van der Waals surface area (Å²) in [4.78, 5) is 4.94. The van der Waals surface area contributed by atoms with Gasteiger partial charge in [0.2, 0.25) is 0 Å². The predicted molar refractivity (Wildman–Crippen MR) is 99.2 cm³/mol. The van der Waals surface area contributed by atoms with E-state index < -0.39 is 0 Å². The van der Waals surface area contributed by atoms with Crippen LogP contribution in [-0.2, 0) is 0 Å². The van der Waals surface area contributed by atoms with E-state index in [-0.39, 0.29) is 0 Å². The number of pyridine rings is 1. The molecule has 0 N–H and O–H groups in total. The molecule has 0 unspecified atom stereocenters. The number of fused-ring (bicyclic) bond motifs is 1. The number of hydrogen-bond donors (Lipinski definition) is 0. The molecule has 0 atom stereocenters. The molecular weight excluding hydrogens is 294 g/mol. The molecule has 116 valence electrons. The standard InChI is InChI=1S/C22H17NO/c1-24-19-12-13-21-18(14-19)15-20(16-8-4-2-5-9-16)22(23-21)17-10-6-3-7-11-17/h2-15H,1H3. The Labute approximate surface area is 141 Å². The van der Waals surface area contributed by atoms with E-state index in [9.17, 15) is 0 Å². The molecule has 24 heavy (non-hydrogen) atoms. The molecule has 0 aliphatic carbocycles. The van der Waals surface area contributed by atoms with E-state index in [2.05, 4.69) is 42.5 Å². The average molecular weight is 311 g/mol. The topological polar surface area (TPSA) is 22.1 Å². The van der Waals surface area contributed by atoms with E-state index >= 15 is 0 Å². The number of rotatable bonds is 3. The average Bonchev–Trinajstić information content (AvgIpc) is 2.68. The molecule has 0 aliphatic heterocycles. The molecule has 0 radical (unpaired) electrons. The number of hydrogen-bond acceptors (Lipinski definition) is 2. The maximum atomic E-state index is 5.35. The summed E-state index contributed by atoms with van der Waals surface area (Å²) in [6, 6.07) is 28.9. The lowest BCUT2D eigenvalue weighted by Gasteiger charge is -2.12. The van der Waals surface area contributed by atoms with Gasteiger partial charge in [0.25, 0.3) is 0 Å². The Kier molecular flexibility index (Phi) is 3.72. The zero-order valence-corrected chi connectivity index (χ0v) is 13.4. The number of methoxy groups -OCH3 is 1. The predicted octanol–water partition coefficient (Wildman–Crippen LogP) is 5.58. The van der Waals surface area contributed by atoms with Gasteiger partial charge in [-0.3, -0.25) is 0 Å². The molecule has 0 spiro atoms. The van der Waals surface area contributed by atoms with E-state index in [4.69, 9.17) is 9.72 Å². The molecule has 0 saturated carbocycles. The van der Waals surface area contributed by atoms with Gasteiger partial charge in [0.15, 0.2) is 0 Å². The molecule has 1 heterocycles. The third-order valence-corrected chi connectivity index (χ3v) is 4.15. The fourth-order valence-corrected chi connectivity index (χ4v) is 2.94. The molecule has 1 aromatic heterocycles. The molecule has 2 heteroatoms. The van der Waals surface area contributed by atoms with Gasteiger partial charge in [0.05, 0.1) is 18.3 Å². The van der Waals surface area contributed by atoms with Gasteiger partial charge in [-0.05, 0) is 29.8 Å². The minimum Gasteiger partial charge on any atom is -0.497 e. The van der Waals surface area contributed by atoms with Gasteiger partial charge in [-0.1, -0.05) is 60.7 Å². The van der Waals surface area contributed by atoms with Crippen LogP contribution in [0.4, 0.5) is 0 Å². The van der Waals surface area contributed by atoms with Gasteiger partial charge < -0.3 is 4.74 Å². The van der Waals surface area contributed by atoms with Crippen LogP contribution in [0.1, 0.15) is 0 Å². The van der Waals surface area contributed by atoms with Gasteiger partial charge in [0, 0.05) is 16.5 Å². The van der Waals surface area contributed by atoms with Crippen molar-refractivity contribution in [3.63, 3.8) is 0 Å². The highest BCUT2D eigenvalue weighted by Crippen LogP contribution is 2.34. The summed E-state index contributed by atoms with van der Waals surface area (Å²) in [7, 11) is 1.69. The van der Waals surface area contributed by atoms with Crippen LogP contribution in [0, 0.1) is 0 Å². The summed E-state index contributed by atoms with van der Waals surface area (Å²) in [5, 5.41) is 1.08. The fourth-order valence-electron chi connectivity index (χ4n) is 2.94. The van der Waals surface area contributed by atoms with Gasteiger partial charge in [-0.15, -0.1) is 0 Å². The van der Waals surface area contributed by atoms with Gasteiger partial charge in [-0.25, -0.2) is 4.98 Å². The summed E-state index contributed by atoms with van der Waals surface area (Å²) in [5.74, 6) is 0.843. The minimum absolute atomic E-state index is 0.843. The van der Waals surface area contributed by atoms with E-state index in [1.54, 1.807) is 7.11 Å². The largest absolute Gasteiger partial charge is 0.497 e. The van der Waals surface area contributed by atoms with Crippen molar-refractivity contribution in [3.8, 4) is 28.1 Å².